The lowest BCUT2D eigenvalue weighted by Gasteiger charge is -2.26. The van der Waals surface area contributed by atoms with E-state index in [1.165, 1.54) is 12.8 Å². The zero-order valence-corrected chi connectivity index (χ0v) is 9.17. The van der Waals surface area contributed by atoms with Crippen molar-refractivity contribution < 1.29 is 15.0 Å². The summed E-state index contributed by atoms with van der Waals surface area (Å²) in [4.78, 5) is 10.3. The van der Waals surface area contributed by atoms with Gasteiger partial charge in [0.05, 0.1) is 0 Å². The van der Waals surface area contributed by atoms with E-state index >= 15 is 0 Å². The Labute approximate surface area is 90.7 Å². The van der Waals surface area contributed by atoms with E-state index in [0.29, 0.717) is 6.42 Å². The van der Waals surface area contributed by atoms with Gasteiger partial charge >= 0.3 is 5.97 Å². The van der Waals surface area contributed by atoms with Gasteiger partial charge in [0.25, 0.3) is 0 Å². The van der Waals surface area contributed by atoms with Crippen LogP contribution in [0.25, 0.3) is 0 Å². The quantitative estimate of drug-likeness (QED) is 0.554. The van der Waals surface area contributed by atoms with Gasteiger partial charge in [-0.1, -0.05) is 12.8 Å². The molecule has 0 amide bonds. The van der Waals surface area contributed by atoms with Crippen LogP contribution in [0.4, 0.5) is 0 Å². The Kier molecular flexibility index (Phi) is 5.05. The summed E-state index contributed by atoms with van der Waals surface area (Å²) in [5.74, 6) is -0.741. The van der Waals surface area contributed by atoms with Crippen molar-refractivity contribution in [3.8, 4) is 0 Å². The largest absolute Gasteiger partial charge is 0.481 e. The Hall–Kier alpha value is -0.610. The number of carboxylic acid groups (broad SMARTS) is 1. The number of rotatable bonds is 7. The van der Waals surface area contributed by atoms with Gasteiger partial charge < -0.3 is 15.5 Å². The van der Waals surface area contributed by atoms with Crippen LogP contribution in [0.3, 0.4) is 0 Å². The van der Waals surface area contributed by atoms with Gasteiger partial charge in [0.2, 0.25) is 0 Å². The molecule has 0 saturated heterocycles. The number of aliphatic hydroxyl groups excluding tert-OH is 1. The zero-order valence-electron chi connectivity index (χ0n) is 9.17. The van der Waals surface area contributed by atoms with Crippen LogP contribution < -0.4 is 5.32 Å². The van der Waals surface area contributed by atoms with Crippen LogP contribution in [-0.2, 0) is 4.79 Å². The minimum Gasteiger partial charge on any atom is -0.481 e. The fourth-order valence-electron chi connectivity index (χ4n) is 2.23. The van der Waals surface area contributed by atoms with Gasteiger partial charge in [-0.2, -0.15) is 0 Å². The van der Waals surface area contributed by atoms with Gasteiger partial charge in [0, 0.05) is 25.0 Å². The number of carbonyl (C=O) groups is 1. The molecule has 1 aliphatic carbocycles. The Morgan fingerprint density at radius 2 is 2.00 bits per heavy atom. The summed E-state index contributed by atoms with van der Waals surface area (Å²) in [7, 11) is 0. The van der Waals surface area contributed by atoms with E-state index in [9.17, 15) is 9.90 Å². The van der Waals surface area contributed by atoms with Crippen molar-refractivity contribution in [2.75, 3.05) is 19.7 Å². The van der Waals surface area contributed by atoms with Crippen LogP contribution in [0.5, 0.6) is 0 Å². The van der Waals surface area contributed by atoms with Crippen molar-refractivity contribution in [3.63, 3.8) is 0 Å². The molecule has 0 aromatic carbocycles. The van der Waals surface area contributed by atoms with Crippen LogP contribution >= 0.6 is 0 Å². The van der Waals surface area contributed by atoms with Crippen LogP contribution in [0.2, 0.25) is 0 Å². The van der Waals surface area contributed by atoms with Crippen LogP contribution in [0, 0.1) is 5.41 Å². The SMILES string of the molecule is O=C(O)CCCNCC1(CO)CCCC1. The van der Waals surface area contributed by atoms with Gasteiger partial charge in [-0.3, -0.25) is 4.79 Å². The molecule has 0 heterocycles. The van der Waals surface area contributed by atoms with Crippen LogP contribution in [0.15, 0.2) is 0 Å². The molecule has 0 spiro atoms. The van der Waals surface area contributed by atoms with Gasteiger partial charge in [0.1, 0.15) is 0 Å². The van der Waals surface area contributed by atoms with Gasteiger partial charge in [-0.15, -0.1) is 0 Å². The number of carboxylic acids is 1. The maximum Gasteiger partial charge on any atom is 0.303 e. The predicted octanol–water partition coefficient (Wildman–Crippen LogP) is 0.993. The van der Waals surface area contributed by atoms with E-state index in [4.69, 9.17) is 5.11 Å². The second-order valence-corrected chi connectivity index (χ2v) is 4.54. The highest BCUT2D eigenvalue weighted by atomic mass is 16.4. The molecule has 0 aromatic heterocycles. The van der Waals surface area contributed by atoms with E-state index < -0.39 is 5.97 Å². The first-order valence-electron chi connectivity index (χ1n) is 5.72. The summed E-state index contributed by atoms with van der Waals surface area (Å²) in [5, 5.41) is 21.0. The molecule has 1 rings (SSSR count). The monoisotopic (exact) mass is 215 g/mol. The lowest BCUT2D eigenvalue weighted by atomic mass is 9.87. The van der Waals surface area contributed by atoms with E-state index in [-0.39, 0.29) is 18.4 Å². The zero-order chi connectivity index (χ0) is 11.1. The molecule has 15 heavy (non-hydrogen) atoms. The van der Waals surface area contributed by atoms with Gasteiger partial charge in [-0.25, -0.2) is 0 Å². The minimum absolute atomic E-state index is 0.0726. The molecule has 0 radical (unpaired) electrons. The number of hydrogen-bond donors (Lipinski definition) is 3. The molecule has 4 nitrogen and oxygen atoms in total. The van der Waals surface area contributed by atoms with Crippen molar-refractivity contribution in [2.24, 2.45) is 5.41 Å². The fraction of sp³-hybridized carbons (Fsp3) is 0.909. The summed E-state index contributed by atoms with van der Waals surface area (Å²) in [6.45, 7) is 1.80. The van der Waals surface area contributed by atoms with Gasteiger partial charge in [0.15, 0.2) is 0 Å². The average molecular weight is 215 g/mol. The van der Waals surface area contributed by atoms with Crippen molar-refractivity contribution in [1.29, 1.82) is 0 Å². The molecule has 88 valence electrons. The third kappa shape index (κ3) is 4.18. The standard InChI is InChI=1S/C11H21NO3/c13-9-11(5-1-2-6-11)8-12-7-3-4-10(14)15/h12-13H,1-9H2,(H,14,15). The Balaban J connectivity index is 2.10. The summed E-state index contributed by atoms with van der Waals surface area (Å²) < 4.78 is 0. The Morgan fingerprint density at radius 1 is 1.33 bits per heavy atom. The molecule has 0 aliphatic heterocycles. The molecule has 0 unspecified atom stereocenters. The lowest BCUT2D eigenvalue weighted by Crippen LogP contribution is -2.35. The molecule has 0 bridgehead atoms. The van der Waals surface area contributed by atoms with Crippen molar-refractivity contribution >= 4 is 5.97 Å². The van der Waals surface area contributed by atoms with Crippen LogP contribution in [0.1, 0.15) is 38.5 Å². The van der Waals surface area contributed by atoms with E-state index in [2.05, 4.69) is 5.32 Å². The number of hydrogen-bond acceptors (Lipinski definition) is 3. The molecule has 3 N–H and O–H groups in total. The normalized spacial score (nSPS) is 19.3. The maximum absolute atomic E-state index is 10.3. The highest BCUT2D eigenvalue weighted by molar-refractivity contribution is 5.66. The second-order valence-electron chi connectivity index (χ2n) is 4.54. The highest BCUT2D eigenvalue weighted by Gasteiger charge is 2.32. The van der Waals surface area contributed by atoms with Crippen molar-refractivity contribution in [2.45, 2.75) is 38.5 Å². The summed E-state index contributed by atoms with van der Waals surface area (Å²) in [6.07, 6.45) is 5.48. The van der Waals surface area contributed by atoms with Crippen LogP contribution in [-0.4, -0.2) is 35.9 Å². The second kappa shape index (κ2) is 6.08. The first-order chi connectivity index (χ1) is 7.18. The molecule has 1 fully saturated rings. The Bertz CT molecular complexity index is 200. The lowest BCUT2D eigenvalue weighted by molar-refractivity contribution is -0.137. The maximum atomic E-state index is 10.3. The molecule has 1 saturated carbocycles. The molecule has 4 heteroatoms. The molecule has 0 atom stereocenters. The predicted molar refractivity (Wildman–Crippen MR) is 57.7 cm³/mol. The number of aliphatic hydroxyl groups is 1. The molecule has 1 aliphatic rings. The molecular weight excluding hydrogens is 194 g/mol. The summed E-state index contributed by atoms with van der Waals surface area (Å²) >= 11 is 0. The molecule has 0 aromatic rings. The minimum atomic E-state index is -0.741. The first kappa shape index (κ1) is 12.5. The first-order valence-corrected chi connectivity index (χ1v) is 5.72. The highest BCUT2D eigenvalue weighted by Crippen LogP contribution is 2.36. The van der Waals surface area contributed by atoms with E-state index in [1.807, 2.05) is 0 Å². The third-order valence-electron chi connectivity index (χ3n) is 3.24. The third-order valence-corrected chi connectivity index (χ3v) is 3.24. The number of aliphatic carboxylic acids is 1. The van der Waals surface area contributed by atoms with Crippen molar-refractivity contribution in [3.05, 3.63) is 0 Å². The topological polar surface area (TPSA) is 69.6 Å². The molecular formula is C11H21NO3. The summed E-state index contributed by atoms with van der Waals surface area (Å²) in [6, 6.07) is 0. The van der Waals surface area contributed by atoms with E-state index in [1.54, 1.807) is 0 Å². The fourth-order valence-corrected chi connectivity index (χ4v) is 2.23. The summed E-state index contributed by atoms with van der Waals surface area (Å²) in [5.41, 5.74) is 0.0726. The number of nitrogens with one attached hydrogen (secondary N) is 1. The van der Waals surface area contributed by atoms with Crippen molar-refractivity contribution in [1.82, 2.24) is 5.32 Å². The van der Waals surface area contributed by atoms with Gasteiger partial charge in [-0.05, 0) is 25.8 Å². The average Bonchev–Trinajstić information content (AvgIpc) is 2.66. The Morgan fingerprint density at radius 3 is 2.53 bits per heavy atom. The smallest absolute Gasteiger partial charge is 0.303 e. The van der Waals surface area contributed by atoms with E-state index in [0.717, 1.165) is 25.9 Å².